The van der Waals surface area contributed by atoms with Crippen LogP contribution in [-0.2, 0) is 19.6 Å². The van der Waals surface area contributed by atoms with Crippen LogP contribution >= 0.6 is 0 Å². The molecule has 0 radical (unpaired) electrons. The molecule has 0 bridgehead atoms. The first-order valence-corrected chi connectivity index (χ1v) is 9.49. The SMILES string of the molecule is CN(C)c1ccc(CN(Cc2ccccc2)C(=O)NCc2ccccc2)cc1. The Balaban J connectivity index is 1.71. The number of benzene rings is 3. The van der Waals surface area contributed by atoms with E-state index in [1.165, 1.54) is 0 Å². The molecule has 0 atom stereocenters. The Bertz CT molecular complexity index is 861. The molecule has 0 saturated heterocycles. The number of carbonyl (C=O) groups is 1. The van der Waals surface area contributed by atoms with Gasteiger partial charge in [0.15, 0.2) is 0 Å². The molecule has 0 saturated carbocycles. The van der Waals surface area contributed by atoms with Crippen molar-refractivity contribution in [2.45, 2.75) is 19.6 Å². The number of urea groups is 1. The Labute approximate surface area is 167 Å². The summed E-state index contributed by atoms with van der Waals surface area (Å²) in [7, 11) is 4.04. The Morgan fingerprint density at radius 3 is 1.75 bits per heavy atom. The molecule has 0 aliphatic heterocycles. The van der Waals surface area contributed by atoms with Gasteiger partial charge in [0.05, 0.1) is 0 Å². The maximum Gasteiger partial charge on any atom is 0.318 e. The van der Waals surface area contributed by atoms with Crippen LogP contribution in [0.5, 0.6) is 0 Å². The lowest BCUT2D eigenvalue weighted by molar-refractivity contribution is 0.192. The lowest BCUT2D eigenvalue weighted by atomic mass is 10.1. The molecular formula is C24H27N3O. The van der Waals surface area contributed by atoms with E-state index >= 15 is 0 Å². The van der Waals surface area contributed by atoms with E-state index in [1.807, 2.05) is 79.7 Å². The Hall–Kier alpha value is -3.27. The normalized spacial score (nSPS) is 10.4. The minimum Gasteiger partial charge on any atom is -0.378 e. The van der Waals surface area contributed by atoms with Crippen molar-refractivity contribution < 1.29 is 4.79 Å². The fraction of sp³-hybridized carbons (Fsp3) is 0.208. The molecule has 0 spiro atoms. The molecular weight excluding hydrogens is 346 g/mol. The minimum atomic E-state index is -0.0654. The first-order valence-electron chi connectivity index (χ1n) is 9.49. The summed E-state index contributed by atoms with van der Waals surface area (Å²) in [5.41, 5.74) is 4.46. The quantitative estimate of drug-likeness (QED) is 0.653. The first kappa shape index (κ1) is 19.5. The number of hydrogen-bond donors (Lipinski definition) is 1. The molecule has 0 heterocycles. The predicted octanol–water partition coefficient (Wildman–Crippen LogP) is 4.66. The maximum atomic E-state index is 12.9. The lowest BCUT2D eigenvalue weighted by Crippen LogP contribution is -2.38. The summed E-state index contributed by atoms with van der Waals surface area (Å²) in [6, 6.07) is 28.3. The second-order valence-corrected chi connectivity index (χ2v) is 7.05. The zero-order valence-electron chi connectivity index (χ0n) is 16.5. The molecule has 3 rings (SSSR count). The number of anilines is 1. The van der Waals surface area contributed by atoms with E-state index in [0.29, 0.717) is 19.6 Å². The first-order chi connectivity index (χ1) is 13.6. The molecule has 3 aromatic carbocycles. The number of rotatable bonds is 7. The summed E-state index contributed by atoms with van der Waals surface area (Å²) in [5.74, 6) is 0. The van der Waals surface area contributed by atoms with E-state index in [2.05, 4.69) is 34.5 Å². The third kappa shape index (κ3) is 5.61. The van der Waals surface area contributed by atoms with Crippen LogP contribution in [0.2, 0.25) is 0 Å². The van der Waals surface area contributed by atoms with Gasteiger partial charge in [0, 0.05) is 39.4 Å². The van der Waals surface area contributed by atoms with Gasteiger partial charge >= 0.3 is 6.03 Å². The predicted molar refractivity (Wildman–Crippen MR) is 115 cm³/mol. The van der Waals surface area contributed by atoms with Crippen LogP contribution in [0.25, 0.3) is 0 Å². The molecule has 0 fully saturated rings. The van der Waals surface area contributed by atoms with Crippen LogP contribution in [-0.4, -0.2) is 25.0 Å². The molecule has 4 heteroatoms. The Kier molecular flexibility index (Phi) is 6.68. The molecule has 4 nitrogen and oxygen atoms in total. The van der Waals surface area contributed by atoms with Crippen LogP contribution < -0.4 is 10.2 Å². The topological polar surface area (TPSA) is 35.6 Å². The van der Waals surface area contributed by atoms with Crippen molar-refractivity contribution >= 4 is 11.7 Å². The largest absolute Gasteiger partial charge is 0.378 e. The number of nitrogens with zero attached hydrogens (tertiary/aromatic N) is 2. The Morgan fingerprint density at radius 1 is 0.714 bits per heavy atom. The van der Waals surface area contributed by atoms with Gasteiger partial charge in [0.2, 0.25) is 0 Å². The average molecular weight is 374 g/mol. The monoisotopic (exact) mass is 373 g/mol. The van der Waals surface area contributed by atoms with Crippen molar-refractivity contribution in [3.8, 4) is 0 Å². The zero-order chi connectivity index (χ0) is 19.8. The van der Waals surface area contributed by atoms with Crippen LogP contribution in [0.15, 0.2) is 84.9 Å². The highest BCUT2D eigenvalue weighted by atomic mass is 16.2. The van der Waals surface area contributed by atoms with Crippen molar-refractivity contribution in [1.29, 1.82) is 0 Å². The number of amides is 2. The molecule has 0 aliphatic carbocycles. The lowest BCUT2D eigenvalue weighted by Gasteiger charge is -2.24. The van der Waals surface area contributed by atoms with Gasteiger partial charge in [0.25, 0.3) is 0 Å². The second kappa shape index (κ2) is 9.60. The van der Waals surface area contributed by atoms with Crippen LogP contribution in [0, 0.1) is 0 Å². The van der Waals surface area contributed by atoms with E-state index in [-0.39, 0.29) is 6.03 Å². The van der Waals surface area contributed by atoms with Gasteiger partial charge in [0.1, 0.15) is 0 Å². The third-order valence-electron chi connectivity index (χ3n) is 4.62. The van der Waals surface area contributed by atoms with E-state index in [0.717, 1.165) is 22.4 Å². The smallest absolute Gasteiger partial charge is 0.318 e. The van der Waals surface area contributed by atoms with Gasteiger partial charge in [-0.3, -0.25) is 0 Å². The highest BCUT2D eigenvalue weighted by molar-refractivity contribution is 5.74. The van der Waals surface area contributed by atoms with E-state index in [9.17, 15) is 4.79 Å². The van der Waals surface area contributed by atoms with Crippen molar-refractivity contribution in [2.24, 2.45) is 0 Å². The summed E-state index contributed by atoms with van der Waals surface area (Å²) in [4.78, 5) is 16.8. The van der Waals surface area contributed by atoms with Gasteiger partial charge in [-0.2, -0.15) is 0 Å². The number of nitrogens with one attached hydrogen (secondary N) is 1. The van der Waals surface area contributed by atoms with Crippen LogP contribution in [0.4, 0.5) is 10.5 Å². The molecule has 0 unspecified atom stereocenters. The minimum absolute atomic E-state index is 0.0654. The number of hydrogen-bond acceptors (Lipinski definition) is 2. The van der Waals surface area contributed by atoms with Crippen molar-refractivity contribution in [3.63, 3.8) is 0 Å². The molecule has 0 aliphatic rings. The highest BCUT2D eigenvalue weighted by Crippen LogP contribution is 2.15. The average Bonchev–Trinajstić information content (AvgIpc) is 2.73. The fourth-order valence-corrected chi connectivity index (χ4v) is 3.01. The summed E-state index contributed by atoms with van der Waals surface area (Å²) >= 11 is 0. The van der Waals surface area contributed by atoms with E-state index < -0.39 is 0 Å². The summed E-state index contributed by atoms with van der Waals surface area (Å²) in [5, 5.41) is 3.05. The Morgan fingerprint density at radius 2 is 1.21 bits per heavy atom. The van der Waals surface area contributed by atoms with E-state index in [4.69, 9.17) is 0 Å². The molecule has 144 valence electrons. The van der Waals surface area contributed by atoms with Gasteiger partial charge in [-0.05, 0) is 28.8 Å². The van der Waals surface area contributed by atoms with Crippen LogP contribution in [0.3, 0.4) is 0 Å². The van der Waals surface area contributed by atoms with Gasteiger partial charge in [-0.1, -0.05) is 72.8 Å². The molecule has 0 aromatic heterocycles. The van der Waals surface area contributed by atoms with Crippen molar-refractivity contribution in [1.82, 2.24) is 10.2 Å². The third-order valence-corrected chi connectivity index (χ3v) is 4.62. The standard InChI is InChI=1S/C24H27N3O/c1-26(2)23-15-13-22(14-16-23)19-27(18-21-11-7-4-8-12-21)24(28)25-17-20-9-5-3-6-10-20/h3-16H,17-19H2,1-2H3,(H,25,28). The molecule has 28 heavy (non-hydrogen) atoms. The van der Waals surface area contributed by atoms with Crippen molar-refractivity contribution in [3.05, 3.63) is 102 Å². The van der Waals surface area contributed by atoms with Gasteiger partial charge in [-0.15, -0.1) is 0 Å². The van der Waals surface area contributed by atoms with Gasteiger partial charge in [-0.25, -0.2) is 4.79 Å². The van der Waals surface area contributed by atoms with Crippen molar-refractivity contribution in [2.75, 3.05) is 19.0 Å². The van der Waals surface area contributed by atoms with E-state index in [1.54, 1.807) is 0 Å². The maximum absolute atomic E-state index is 12.9. The second-order valence-electron chi connectivity index (χ2n) is 7.05. The van der Waals surface area contributed by atoms with Gasteiger partial charge < -0.3 is 15.1 Å². The fourth-order valence-electron chi connectivity index (χ4n) is 3.01. The molecule has 1 N–H and O–H groups in total. The molecule has 3 aromatic rings. The highest BCUT2D eigenvalue weighted by Gasteiger charge is 2.14. The summed E-state index contributed by atoms with van der Waals surface area (Å²) in [6.07, 6.45) is 0. The molecule has 2 amide bonds. The summed E-state index contributed by atoms with van der Waals surface area (Å²) < 4.78 is 0. The van der Waals surface area contributed by atoms with Crippen LogP contribution in [0.1, 0.15) is 16.7 Å². The summed E-state index contributed by atoms with van der Waals surface area (Å²) in [6.45, 7) is 1.64. The number of carbonyl (C=O) groups excluding carboxylic acids is 1. The zero-order valence-corrected chi connectivity index (χ0v) is 16.5.